The van der Waals surface area contributed by atoms with Gasteiger partial charge in [0.25, 0.3) is 11.7 Å². The third-order valence-electron chi connectivity index (χ3n) is 6.14. The molecule has 1 aliphatic heterocycles. The molecule has 1 saturated carbocycles. The number of phenolic OH excluding ortho intramolecular Hbond substituents is 1. The van der Waals surface area contributed by atoms with Crippen LogP contribution in [-0.2, 0) is 9.59 Å². The molecule has 2 aromatic rings. The first kappa shape index (κ1) is 22.2. The smallest absolute Gasteiger partial charge is 0.295 e. The summed E-state index contributed by atoms with van der Waals surface area (Å²) in [7, 11) is 0. The lowest BCUT2D eigenvalue weighted by molar-refractivity contribution is -0.141. The quantitative estimate of drug-likeness (QED) is 0.367. The molecule has 1 unspecified atom stereocenters. The van der Waals surface area contributed by atoms with Gasteiger partial charge in [-0.1, -0.05) is 43.0 Å². The number of halogens is 1. The highest BCUT2D eigenvalue weighted by Gasteiger charge is 2.49. The van der Waals surface area contributed by atoms with Crippen LogP contribution in [0.3, 0.4) is 0 Å². The Balaban J connectivity index is 1.89. The number of likely N-dealkylation sites (tertiary alicyclic amines) is 1. The van der Waals surface area contributed by atoms with E-state index < -0.39 is 17.7 Å². The van der Waals surface area contributed by atoms with Gasteiger partial charge in [-0.3, -0.25) is 9.59 Å². The number of aromatic hydroxyl groups is 1. The number of Topliss-reactive ketones (excluding diaryl/α,β-unsaturated/α-hetero) is 1. The Morgan fingerprint density at radius 3 is 2.56 bits per heavy atom. The maximum atomic E-state index is 13.2. The third kappa shape index (κ3) is 4.07. The number of carbonyl (C=O) groups is 2. The minimum Gasteiger partial charge on any atom is -0.508 e. The summed E-state index contributed by atoms with van der Waals surface area (Å²) in [6.45, 7) is 2.27. The van der Waals surface area contributed by atoms with Gasteiger partial charge in [-0.2, -0.15) is 0 Å². The average Bonchev–Trinajstić information content (AvgIpc) is 3.06. The number of aliphatic hydroxyl groups excluding tert-OH is 1. The van der Waals surface area contributed by atoms with Crippen LogP contribution in [0.15, 0.2) is 48.0 Å². The van der Waals surface area contributed by atoms with Crippen molar-refractivity contribution in [3.05, 3.63) is 64.2 Å². The van der Waals surface area contributed by atoms with Crippen LogP contribution in [0, 0.1) is 0 Å². The van der Waals surface area contributed by atoms with Crippen molar-refractivity contribution in [3.63, 3.8) is 0 Å². The number of rotatable bonds is 5. The van der Waals surface area contributed by atoms with E-state index in [1.165, 1.54) is 12.1 Å². The van der Waals surface area contributed by atoms with Crippen molar-refractivity contribution >= 4 is 29.1 Å². The van der Waals surface area contributed by atoms with Crippen molar-refractivity contribution in [1.82, 2.24) is 4.90 Å². The van der Waals surface area contributed by atoms with E-state index in [4.69, 9.17) is 16.3 Å². The van der Waals surface area contributed by atoms with Crippen molar-refractivity contribution in [2.45, 2.75) is 51.1 Å². The highest BCUT2D eigenvalue weighted by atomic mass is 35.5. The Morgan fingerprint density at radius 1 is 1.12 bits per heavy atom. The number of aliphatic hydroxyl groups is 1. The molecule has 7 heteroatoms. The van der Waals surface area contributed by atoms with E-state index in [2.05, 4.69) is 0 Å². The molecule has 1 saturated heterocycles. The zero-order valence-corrected chi connectivity index (χ0v) is 18.6. The molecule has 168 valence electrons. The van der Waals surface area contributed by atoms with Gasteiger partial charge in [-0.25, -0.2) is 0 Å². The predicted octanol–water partition coefficient (Wildman–Crippen LogP) is 5.20. The van der Waals surface area contributed by atoms with Gasteiger partial charge in [-0.05, 0) is 55.7 Å². The second-order valence-electron chi connectivity index (χ2n) is 8.17. The van der Waals surface area contributed by atoms with Gasteiger partial charge in [0.2, 0.25) is 0 Å². The molecule has 1 atom stereocenters. The van der Waals surface area contributed by atoms with Crippen molar-refractivity contribution in [2.75, 3.05) is 6.61 Å². The molecule has 6 nitrogen and oxygen atoms in total. The van der Waals surface area contributed by atoms with Crippen molar-refractivity contribution in [2.24, 2.45) is 0 Å². The van der Waals surface area contributed by atoms with Crippen molar-refractivity contribution < 1.29 is 24.5 Å². The minimum atomic E-state index is -0.808. The fraction of sp³-hybridized carbons (Fsp3) is 0.360. The zero-order chi connectivity index (χ0) is 22.8. The molecule has 2 aromatic carbocycles. The molecule has 0 aromatic heterocycles. The summed E-state index contributed by atoms with van der Waals surface area (Å²) in [5.74, 6) is -1.22. The number of nitrogens with zero attached hydrogens (tertiary/aromatic N) is 1. The lowest BCUT2D eigenvalue weighted by Gasteiger charge is -2.35. The fourth-order valence-corrected chi connectivity index (χ4v) is 4.90. The summed E-state index contributed by atoms with van der Waals surface area (Å²) in [6.07, 6.45) is 4.63. The predicted molar refractivity (Wildman–Crippen MR) is 122 cm³/mol. The van der Waals surface area contributed by atoms with Crippen LogP contribution in [0.1, 0.15) is 56.2 Å². The lowest BCUT2D eigenvalue weighted by atomic mass is 9.91. The fourth-order valence-electron chi connectivity index (χ4n) is 4.70. The number of benzene rings is 2. The maximum absolute atomic E-state index is 13.2. The third-order valence-corrected chi connectivity index (χ3v) is 6.47. The van der Waals surface area contributed by atoms with Gasteiger partial charge in [0.15, 0.2) is 0 Å². The Kier molecular flexibility index (Phi) is 6.42. The van der Waals surface area contributed by atoms with Gasteiger partial charge in [0, 0.05) is 11.6 Å². The molecule has 32 heavy (non-hydrogen) atoms. The van der Waals surface area contributed by atoms with Gasteiger partial charge >= 0.3 is 0 Å². The summed E-state index contributed by atoms with van der Waals surface area (Å²) in [5, 5.41) is 21.6. The summed E-state index contributed by atoms with van der Waals surface area (Å²) in [5.41, 5.74) is 0.763. The zero-order valence-electron chi connectivity index (χ0n) is 17.9. The van der Waals surface area contributed by atoms with E-state index in [1.807, 2.05) is 6.92 Å². The van der Waals surface area contributed by atoms with Gasteiger partial charge in [0.05, 0.1) is 23.2 Å². The Morgan fingerprint density at radius 2 is 1.88 bits per heavy atom. The maximum Gasteiger partial charge on any atom is 0.295 e. The molecule has 0 radical (unpaired) electrons. The molecule has 0 bridgehead atoms. The molecule has 0 spiro atoms. The van der Waals surface area contributed by atoms with Crippen LogP contribution in [-0.4, -0.2) is 39.5 Å². The molecule has 1 heterocycles. The van der Waals surface area contributed by atoms with Crippen LogP contribution in [0.4, 0.5) is 0 Å². The van der Waals surface area contributed by atoms with Crippen molar-refractivity contribution in [1.29, 1.82) is 0 Å². The molecule has 2 aliphatic rings. The molecular weight excluding hydrogens is 430 g/mol. The Labute approximate surface area is 192 Å². The van der Waals surface area contributed by atoms with Gasteiger partial charge in [0.1, 0.15) is 17.3 Å². The van der Waals surface area contributed by atoms with Crippen LogP contribution < -0.4 is 4.74 Å². The highest BCUT2D eigenvalue weighted by Crippen LogP contribution is 2.44. The standard InChI is InChI=1S/C25H26ClNO5/c1-2-32-18-11-12-20(26)19(14-18)23(29)21-22(15-7-6-10-17(28)13-15)27(25(31)24(21)30)16-8-4-3-5-9-16/h6-7,10-14,16,22,28-29H,2-5,8-9H2,1H3/b23-21+. The summed E-state index contributed by atoms with van der Waals surface area (Å²) >= 11 is 6.36. The molecule has 4 rings (SSSR count). The van der Waals surface area contributed by atoms with Gasteiger partial charge in [-0.15, -0.1) is 0 Å². The number of amides is 1. The molecule has 2 fully saturated rings. The summed E-state index contributed by atoms with van der Waals surface area (Å²) in [6, 6.07) is 10.4. The first-order chi connectivity index (χ1) is 15.4. The second kappa shape index (κ2) is 9.25. The van der Waals surface area contributed by atoms with Crippen LogP contribution in [0.5, 0.6) is 11.5 Å². The van der Waals surface area contributed by atoms with E-state index in [1.54, 1.807) is 35.2 Å². The number of phenols is 1. The summed E-state index contributed by atoms with van der Waals surface area (Å²) < 4.78 is 5.52. The van der Waals surface area contributed by atoms with Crippen LogP contribution in [0.2, 0.25) is 5.02 Å². The molecular formula is C25H26ClNO5. The monoisotopic (exact) mass is 455 g/mol. The number of carbonyl (C=O) groups excluding carboxylic acids is 2. The van der Waals surface area contributed by atoms with E-state index in [0.29, 0.717) is 17.9 Å². The number of ketones is 1. The average molecular weight is 456 g/mol. The number of hydrogen-bond donors (Lipinski definition) is 2. The highest BCUT2D eigenvalue weighted by molar-refractivity contribution is 6.47. The van der Waals surface area contributed by atoms with E-state index in [-0.39, 0.29) is 33.7 Å². The SMILES string of the molecule is CCOc1ccc(Cl)c(/C(O)=C2\C(=O)C(=O)N(C3CCCCC3)C2c2cccc(O)c2)c1. The van der Waals surface area contributed by atoms with Crippen molar-refractivity contribution in [3.8, 4) is 11.5 Å². The second-order valence-corrected chi connectivity index (χ2v) is 8.58. The van der Waals surface area contributed by atoms with Crippen LogP contribution in [0.25, 0.3) is 5.76 Å². The summed E-state index contributed by atoms with van der Waals surface area (Å²) in [4.78, 5) is 28.0. The normalized spacial score (nSPS) is 21.2. The lowest BCUT2D eigenvalue weighted by Crippen LogP contribution is -2.40. The topological polar surface area (TPSA) is 87.1 Å². The first-order valence-corrected chi connectivity index (χ1v) is 11.3. The van der Waals surface area contributed by atoms with E-state index in [9.17, 15) is 19.8 Å². The van der Waals surface area contributed by atoms with E-state index in [0.717, 1.165) is 32.1 Å². The van der Waals surface area contributed by atoms with Crippen LogP contribution >= 0.6 is 11.6 Å². The van der Waals surface area contributed by atoms with E-state index >= 15 is 0 Å². The Hall–Kier alpha value is -2.99. The largest absolute Gasteiger partial charge is 0.508 e. The molecule has 1 aliphatic carbocycles. The molecule has 1 amide bonds. The number of ether oxygens (including phenoxy) is 1. The Bertz CT molecular complexity index is 1070. The first-order valence-electron chi connectivity index (χ1n) is 10.9. The molecule has 2 N–H and O–H groups in total. The van der Waals surface area contributed by atoms with Gasteiger partial charge < -0.3 is 19.8 Å². The number of hydrogen-bond acceptors (Lipinski definition) is 5. The minimum absolute atomic E-state index is 0.0214.